The van der Waals surface area contributed by atoms with Crippen LogP contribution in [0.15, 0.2) is 42.0 Å². The van der Waals surface area contributed by atoms with Gasteiger partial charge in [-0.25, -0.2) is 4.98 Å². The second-order valence-corrected chi connectivity index (χ2v) is 5.75. The van der Waals surface area contributed by atoms with Crippen LogP contribution in [0.4, 0.5) is 0 Å². The number of aromatic nitrogens is 2. The number of aliphatic hydroxyl groups is 1. The maximum absolute atomic E-state index is 10.2. The average Bonchev–Trinajstić information content (AvgIpc) is 2.89. The van der Waals surface area contributed by atoms with E-state index in [4.69, 9.17) is 0 Å². The van der Waals surface area contributed by atoms with Crippen LogP contribution in [0.1, 0.15) is 16.8 Å². The Balaban J connectivity index is 1.68. The lowest BCUT2D eigenvalue weighted by molar-refractivity contribution is 0.174. The first-order valence-corrected chi connectivity index (χ1v) is 7.23. The summed E-state index contributed by atoms with van der Waals surface area (Å²) >= 11 is 1.61. The van der Waals surface area contributed by atoms with Crippen LogP contribution in [0.25, 0.3) is 4.96 Å². The van der Waals surface area contributed by atoms with Crippen LogP contribution in [0, 0.1) is 6.92 Å². The molecule has 3 rings (SSSR count). The molecule has 0 radical (unpaired) electrons. The molecule has 4 heteroatoms. The van der Waals surface area contributed by atoms with Gasteiger partial charge < -0.3 is 5.11 Å². The summed E-state index contributed by atoms with van der Waals surface area (Å²) in [4.78, 5) is 5.48. The molecular formula is C15H16N2OS. The fourth-order valence-corrected chi connectivity index (χ4v) is 3.02. The van der Waals surface area contributed by atoms with Crippen LogP contribution in [0.3, 0.4) is 0 Å². The van der Waals surface area contributed by atoms with E-state index in [1.807, 2.05) is 28.2 Å². The fourth-order valence-electron chi connectivity index (χ4n) is 2.30. The SMILES string of the molecule is Cc1cccc(CC(O)Cc2cn3ccsc3n2)c1. The van der Waals surface area contributed by atoms with Crippen molar-refractivity contribution in [1.82, 2.24) is 9.38 Å². The van der Waals surface area contributed by atoms with Crippen LogP contribution in [0.2, 0.25) is 0 Å². The van der Waals surface area contributed by atoms with E-state index in [1.54, 1.807) is 11.3 Å². The summed E-state index contributed by atoms with van der Waals surface area (Å²) in [6.45, 7) is 2.07. The first-order chi connectivity index (χ1) is 9.20. The first kappa shape index (κ1) is 12.4. The number of benzene rings is 1. The number of rotatable bonds is 4. The van der Waals surface area contributed by atoms with Gasteiger partial charge >= 0.3 is 0 Å². The monoisotopic (exact) mass is 272 g/mol. The number of nitrogens with zero attached hydrogens (tertiary/aromatic N) is 2. The van der Waals surface area contributed by atoms with Crippen molar-refractivity contribution in [3.05, 3.63) is 58.9 Å². The second-order valence-electron chi connectivity index (χ2n) is 4.88. The van der Waals surface area contributed by atoms with Gasteiger partial charge in [0.15, 0.2) is 4.96 Å². The molecule has 2 heterocycles. The molecule has 1 N–H and O–H groups in total. The molecule has 0 fully saturated rings. The highest BCUT2D eigenvalue weighted by molar-refractivity contribution is 7.15. The zero-order valence-electron chi connectivity index (χ0n) is 10.8. The summed E-state index contributed by atoms with van der Waals surface area (Å²) < 4.78 is 2.00. The summed E-state index contributed by atoms with van der Waals surface area (Å²) in [7, 11) is 0. The van der Waals surface area contributed by atoms with E-state index >= 15 is 0 Å². The molecule has 3 aromatic rings. The number of hydrogen-bond acceptors (Lipinski definition) is 3. The van der Waals surface area contributed by atoms with Crippen molar-refractivity contribution >= 4 is 16.3 Å². The quantitative estimate of drug-likeness (QED) is 0.793. The van der Waals surface area contributed by atoms with Gasteiger partial charge in [-0.2, -0.15) is 0 Å². The predicted octanol–water partition coefficient (Wildman–Crippen LogP) is 2.85. The molecule has 2 aromatic heterocycles. The van der Waals surface area contributed by atoms with Gasteiger partial charge in [-0.15, -0.1) is 11.3 Å². The number of fused-ring (bicyclic) bond motifs is 1. The Morgan fingerprint density at radius 2 is 2.26 bits per heavy atom. The van der Waals surface area contributed by atoms with Gasteiger partial charge in [0.05, 0.1) is 11.8 Å². The summed E-state index contributed by atoms with van der Waals surface area (Å²) in [5, 5.41) is 12.2. The number of imidazole rings is 1. The van der Waals surface area contributed by atoms with Crippen LogP contribution >= 0.6 is 11.3 Å². The Morgan fingerprint density at radius 1 is 1.37 bits per heavy atom. The predicted molar refractivity (Wildman–Crippen MR) is 77.7 cm³/mol. The average molecular weight is 272 g/mol. The van der Waals surface area contributed by atoms with Gasteiger partial charge in [0.25, 0.3) is 0 Å². The number of aliphatic hydroxyl groups excluding tert-OH is 1. The maximum atomic E-state index is 10.2. The lowest BCUT2D eigenvalue weighted by atomic mass is 10.0. The van der Waals surface area contributed by atoms with Crippen molar-refractivity contribution in [1.29, 1.82) is 0 Å². The Kier molecular flexibility index (Phi) is 3.36. The number of aryl methyl sites for hydroxylation is 1. The molecule has 3 nitrogen and oxygen atoms in total. The third-order valence-corrected chi connectivity index (χ3v) is 3.91. The molecule has 0 aliphatic rings. The van der Waals surface area contributed by atoms with Gasteiger partial charge in [0.1, 0.15) is 0 Å². The minimum atomic E-state index is -0.383. The number of hydrogen-bond donors (Lipinski definition) is 1. The van der Waals surface area contributed by atoms with E-state index in [1.165, 1.54) is 11.1 Å². The van der Waals surface area contributed by atoms with Gasteiger partial charge in [-0.1, -0.05) is 29.8 Å². The highest BCUT2D eigenvalue weighted by Gasteiger charge is 2.10. The molecule has 19 heavy (non-hydrogen) atoms. The highest BCUT2D eigenvalue weighted by atomic mass is 32.1. The zero-order valence-corrected chi connectivity index (χ0v) is 11.6. The molecule has 1 aromatic carbocycles. The van der Waals surface area contributed by atoms with Crippen molar-refractivity contribution in [3.63, 3.8) is 0 Å². The second kappa shape index (κ2) is 5.15. The van der Waals surface area contributed by atoms with E-state index in [0.717, 1.165) is 10.7 Å². The molecule has 0 saturated heterocycles. The van der Waals surface area contributed by atoms with Gasteiger partial charge in [0.2, 0.25) is 0 Å². The van der Waals surface area contributed by atoms with Crippen molar-refractivity contribution in [2.45, 2.75) is 25.9 Å². The summed E-state index contributed by atoms with van der Waals surface area (Å²) in [6.07, 6.45) is 4.87. The minimum Gasteiger partial charge on any atom is -0.392 e. The summed E-state index contributed by atoms with van der Waals surface area (Å²) in [5.41, 5.74) is 3.35. The van der Waals surface area contributed by atoms with Gasteiger partial charge in [-0.05, 0) is 18.9 Å². The lowest BCUT2D eigenvalue weighted by Gasteiger charge is -2.09. The first-order valence-electron chi connectivity index (χ1n) is 6.35. The lowest BCUT2D eigenvalue weighted by Crippen LogP contribution is -2.14. The Labute approximate surface area is 116 Å². The highest BCUT2D eigenvalue weighted by Crippen LogP contribution is 2.14. The maximum Gasteiger partial charge on any atom is 0.193 e. The van der Waals surface area contributed by atoms with Crippen molar-refractivity contribution in [2.75, 3.05) is 0 Å². The third kappa shape index (κ3) is 2.85. The van der Waals surface area contributed by atoms with E-state index in [-0.39, 0.29) is 6.10 Å². The molecule has 0 aliphatic carbocycles. The minimum absolute atomic E-state index is 0.383. The Hall–Kier alpha value is -1.65. The van der Waals surface area contributed by atoms with Crippen molar-refractivity contribution in [3.8, 4) is 0 Å². The smallest absolute Gasteiger partial charge is 0.193 e. The molecule has 98 valence electrons. The molecular weight excluding hydrogens is 256 g/mol. The third-order valence-electron chi connectivity index (χ3n) is 3.14. The molecule has 0 spiro atoms. The van der Waals surface area contributed by atoms with E-state index in [2.05, 4.69) is 30.1 Å². The van der Waals surface area contributed by atoms with Crippen LogP contribution in [-0.2, 0) is 12.8 Å². The molecule has 1 unspecified atom stereocenters. The van der Waals surface area contributed by atoms with Crippen LogP contribution in [-0.4, -0.2) is 20.6 Å². The van der Waals surface area contributed by atoms with Crippen LogP contribution in [0.5, 0.6) is 0 Å². The standard InChI is InChI=1S/C15H16N2OS/c1-11-3-2-4-12(7-11)8-14(18)9-13-10-17-5-6-19-15(17)16-13/h2-7,10,14,18H,8-9H2,1H3. The Morgan fingerprint density at radius 3 is 3.05 bits per heavy atom. The molecule has 1 atom stereocenters. The van der Waals surface area contributed by atoms with Crippen molar-refractivity contribution in [2.24, 2.45) is 0 Å². The molecule has 0 amide bonds. The van der Waals surface area contributed by atoms with Crippen LogP contribution < -0.4 is 0 Å². The molecule has 0 aliphatic heterocycles. The molecule has 0 bridgehead atoms. The largest absolute Gasteiger partial charge is 0.392 e. The van der Waals surface area contributed by atoms with E-state index in [9.17, 15) is 5.11 Å². The van der Waals surface area contributed by atoms with Gasteiger partial charge in [0, 0.05) is 24.2 Å². The summed E-state index contributed by atoms with van der Waals surface area (Å²) in [5.74, 6) is 0. The van der Waals surface area contributed by atoms with E-state index in [0.29, 0.717) is 12.8 Å². The van der Waals surface area contributed by atoms with Gasteiger partial charge in [-0.3, -0.25) is 4.40 Å². The Bertz CT molecular complexity index is 658. The van der Waals surface area contributed by atoms with Crippen molar-refractivity contribution < 1.29 is 5.11 Å². The fraction of sp³-hybridized carbons (Fsp3) is 0.267. The number of thiazole rings is 1. The zero-order chi connectivity index (χ0) is 13.2. The normalized spacial score (nSPS) is 12.9. The topological polar surface area (TPSA) is 37.5 Å². The summed E-state index contributed by atoms with van der Waals surface area (Å²) in [6, 6.07) is 8.28. The molecule has 0 saturated carbocycles. The van der Waals surface area contributed by atoms with E-state index < -0.39 is 0 Å².